The Kier molecular flexibility index (Phi) is 5.59. The lowest BCUT2D eigenvalue weighted by Crippen LogP contribution is -2.66. The van der Waals surface area contributed by atoms with Crippen molar-refractivity contribution in [2.24, 2.45) is 23.7 Å². The Morgan fingerprint density at radius 3 is 1.32 bits per heavy atom. The van der Waals surface area contributed by atoms with E-state index in [-0.39, 0.29) is 0 Å². The third-order valence-electron chi connectivity index (χ3n) is 10.3. The molecule has 0 radical (unpaired) electrons. The van der Waals surface area contributed by atoms with Gasteiger partial charge in [-0.3, -0.25) is 0 Å². The second-order valence-electron chi connectivity index (χ2n) is 11.4. The Labute approximate surface area is 190 Å². The first-order valence-corrected chi connectivity index (χ1v) is 15.7. The van der Waals surface area contributed by atoms with Crippen LogP contribution < -0.4 is 10.4 Å². The second-order valence-corrected chi connectivity index (χ2v) is 15.8. The monoisotopic (exact) mass is 428 g/mol. The van der Waals surface area contributed by atoms with Gasteiger partial charge in [-0.15, -0.1) is 0 Å². The summed E-state index contributed by atoms with van der Waals surface area (Å²) < 4.78 is 0. The molecule has 1 heteroatoms. The van der Waals surface area contributed by atoms with Gasteiger partial charge in [0.25, 0.3) is 0 Å². The fraction of sp³-hybridized carbons (Fsp3) is 0.600. The van der Waals surface area contributed by atoms with Crippen molar-refractivity contribution in [1.29, 1.82) is 0 Å². The molecule has 0 amide bonds. The Bertz CT molecular complexity index is 785. The Morgan fingerprint density at radius 1 is 0.452 bits per heavy atom. The van der Waals surface area contributed by atoms with Gasteiger partial charge in [0.15, 0.2) is 0 Å². The highest BCUT2D eigenvalue weighted by Crippen LogP contribution is 2.61. The highest BCUT2D eigenvalue weighted by Gasteiger charge is 2.59. The zero-order chi connectivity index (χ0) is 20.7. The number of hydrogen-bond donors (Lipinski definition) is 0. The van der Waals surface area contributed by atoms with Crippen LogP contribution in [0.3, 0.4) is 0 Å². The second kappa shape index (κ2) is 8.54. The molecule has 0 bridgehead atoms. The third-order valence-corrected chi connectivity index (χ3v) is 16.7. The van der Waals surface area contributed by atoms with E-state index >= 15 is 0 Å². The van der Waals surface area contributed by atoms with E-state index in [0.717, 1.165) is 34.8 Å². The highest BCUT2D eigenvalue weighted by atomic mass is 28.3. The van der Waals surface area contributed by atoms with Crippen molar-refractivity contribution in [3.8, 4) is 0 Å². The van der Waals surface area contributed by atoms with Gasteiger partial charge in [-0.05, 0) is 34.8 Å². The summed E-state index contributed by atoms with van der Waals surface area (Å²) in [7, 11) is -1.90. The minimum absolute atomic E-state index is 0.966. The van der Waals surface area contributed by atoms with Crippen molar-refractivity contribution in [3.05, 3.63) is 60.7 Å². The molecule has 164 valence electrons. The van der Waals surface area contributed by atoms with Gasteiger partial charge >= 0.3 is 0 Å². The van der Waals surface area contributed by atoms with Gasteiger partial charge in [-0.2, -0.15) is 0 Å². The average molecular weight is 429 g/mol. The summed E-state index contributed by atoms with van der Waals surface area (Å²) in [4.78, 5) is 0. The summed E-state index contributed by atoms with van der Waals surface area (Å²) in [5.74, 6) is 4.06. The molecule has 0 aromatic heterocycles. The van der Waals surface area contributed by atoms with Crippen LogP contribution in [-0.4, -0.2) is 8.07 Å². The van der Waals surface area contributed by atoms with Crippen LogP contribution in [0.25, 0.3) is 0 Å². The van der Waals surface area contributed by atoms with Gasteiger partial charge in [-0.1, -0.05) is 148 Å². The van der Waals surface area contributed by atoms with Crippen molar-refractivity contribution in [3.63, 3.8) is 0 Å². The lowest BCUT2D eigenvalue weighted by Gasteiger charge is -2.50. The summed E-state index contributed by atoms with van der Waals surface area (Å²) in [6.07, 6.45) is 18.1. The SMILES string of the molecule is c1ccc([Si](c2ccccc2)(C2CCC3CCCCC32)C2CCC3CCCCC32)cc1. The normalized spacial score (nSPS) is 35.5. The van der Waals surface area contributed by atoms with Crippen molar-refractivity contribution in [2.45, 2.75) is 88.1 Å². The molecule has 6 rings (SSSR count). The molecular weight excluding hydrogens is 388 g/mol. The minimum atomic E-state index is -1.90. The summed E-state index contributed by atoms with van der Waals surface area (Å²) >= 11 is 0. The van der Waals surface area contributed by atoms with E-state index in [4.69, 9.17) is 0 Å². The molecule has 2 aromatic rings. The van der Waals surface area contributed by atoms with Gasteiger partial charge in [0.05, 0.1) is 0 Å². The predicted molar refractivity (Wildman–Crippen MR) is 135 cm³/mol. The molecular formula is C30H40Si. The summed E-state index contributed by atoms with van der Waals surface area (Å²) in [6, 6.07) is 24.3. The molecule has 31 heavy (non-hydrogen) atoms. The Hall–Kier alpha value is -1.34. The van der Waals surface area contributed by atoms with Gasteiger partial charge in [0, 0.05) is 0 Å². The largest absolute Gasteiger partial charge is 0.124 e. The van der Waals surface area contributed by atoms with E-state index in [1.807, 2.05) is 0 Å². The van der Waals surface area contributed by atoms with Crippen molar-refractivity contribution in [2.75, 3.05) is 0 Å². The number of rotatable bonds is 4. The first kappa shape index (κ1) is 20.3. The van der Waals surface area contributed by atoms with Crippen molar-refractivity contribution < 1.29 is 0 Å². The molecule has 0 saturated heterocycles. The topological polar surface area (TPSA) is 0 Å². The van der Waals surface area contributed by atoms with E-state index in [1.54, 1.807) is 10.4 Å². The minimum Gasteiger partial charge on any atom is -0.0626 e. The molecule has 4 aliphatic rings. The van der Waals surface area contributed by atoms with Crippen LogP contribution >= 0.6 is 0 Å². The van der Waals surface area contributed by atoms with E-state index in [9.17, 15) is 0 Å². The number of benzene rings is 2. The molecule has 6 unspecified atom stereocenters. The molecule has 2 aromatic carbocycles. The molecule has 0 heterocycles. The number of fused-ring (bicyclic) bond motifs is 2. The van der Waals surface area contributed by atoms with Crippen LogP contribution in [0.4, 0.5) is 0 Å². The Morgan fingerprint density at radius 2 is 0.871 bits per heavy atom. The van der Waals surface area contributed by atoms with Crippen molar-refractivity contribution in [1.82, 2.24) is 0 Å². The van der Waals surface area contributed by atoms with E-state index in [0.29, 0.717) is 0 Å². The highest BCUT2D eigenvalue weighted by molar-refractivity contribution is 7.04. The fourth-order valence-corrected chi connectivity index (χ4v) is 16.9. The first-order chi connectivity index (χ1) is 15.4. The lowest BCUT2D eigenvalue weighted by atomic mass is 9.81. The molecule has 0 N–H and O–H groups in total. The predicted octanol–water partition coefficient (Wildman–Crippen LogP) is 7.19. The molecule has 0 aliphatic heterocycles. The molecule has 6 atom stereocenters. The summed E-state index contributed by atoms with van der Waals surface area (Å²) in [6.45, 7) is 0. The fourth-order valence-electron chi connectivity index (χ4n) is 9.32. The zero-order valence-corrected chi connectivity index (χ0v) is 20.2. The number of hydrogen-bond acceptors (Lipinski definition) is 0. The maximum Gasteiger partial charge on any atom is 0.124 e. The van der Waals surface area contributed by atoms with Gasteiger partial charge < -0.3 is 0 Å². The van der Waals surface area contributed by atoms with Crippen LogP contribution in [0.5, 0.6) is 0 Å². The summed E-state index contributed by atoms with van der Waals surface area (Å²) in [5.41, 5.74) is 1.93. The van der Waals surface area contributed by atoms with E-state index in [2.05, 4.69) is 60.7 Å². The van der Waals surface area contributed by atoms with Crippen LogP contribution in [-0.2, 0) is 0 Å². The third kappa shape index (κ3) is 3.29. The van der Waals surface area contributed by atoms with Crippen LogP contribution in [0, 0.1) is 23.7 Å². The van der Waals surface area contributed by atoms with E-state index in [1.165, 1.54) is 77.0 Å². The molecule has 4 saturated carbocycles. The smallest absolute Gasteiger partial charge is 0.0626 e. The molecule has 0 nitrogen and oxygen atoms in total. The van der Waals surface area contributed by atoms with Crippen LogP contribution in [0.15, 0.2) is 60.7 Å². The van der Waals surface area contributed by atoms with Crippen LogP contribution in [0.2, 0.25) is 11.1 Å². The van der Waals surface area contributed by atoms with Gasteiger partial charge in [0.2, 0.25) is 0 Å². The van der Waals surface area contributed by atoms with Gasteiger partial charge in [0.1, 0.15) is 8.07 Å². The summed E-state index contributed by atoms with van der Waals surface area (Å²) in [5, 5.41) is 3.57. The maximum atomic E-state index is 2.57. The average Bonchev–Trinajstić information content (AvgIpc) is 3.47. The lowest BCUT2D eigenvalue weighted by molar-refractivity contribution is 0.264. The Balaban J connectivity index is 1.55. The molecule has 4 fully saturated rings. The van der Waals surface area contributed by atoms with Crippen LogP contribution in [0.1, 0.15) is 77.0 Å². The van der Waals surface area contributed by atoms with Crippen molar-refractivity contribution >= 4 is 18.4 Å². The van der Waals surface area contributed by atoms with Gasteiger partial charge in [-0.25, -0.2) is 0 Å². The standard InChI is InChI=1S/C30H40Si/c1-3-13-25(14-4-1)31(26-15-5-2-6-16-26,29-21-19-23-11-7-9-17-27(23)29)30-22-20-24-12-8-10-18-28(24)30/h1-6,13-16,23-24,27-30H,7-12,17-22H2. The zero-order valence-electron chi connectivity index (χ0n) is 19.2. The molecule has 0 spiro atoms. The maximum absolute atomic E-state index is 2.57. The quantitative estimate of drug-likeness (QED) is 0.452. The molecule has 4 aliphatic carbocycles. The van der Waals surface area contributed by atoms with E-state index < -0.39 is 8.07 Å². The first-order valence-electron chi connectivity index (χ1n) is 13.5.